The van der Waals surface area contributed by atoms with Crippen LogP contribution in [-0.4, -0.2) is 26.0 Å². The van der Waals surface area contributed by atoms with Gasteiger partial charge in [-0.25, -0.2) is 8.42 Å². The van der Waals surface area contributed by atoms with Gasteiger partial charge in [0.25, 0.3) is 0 Å². The standard InChI is InChI=1S/C10H20N2O2S/c1-9(12)7-15(13,14)6-4-5-10(2,3)8-11/h9H,4-7,12H2,1-3H3. The van der Waals surface area contributed by atoms with Crippen molar-refractivity contribution < 1.29 is 8.42 Å². The van der Waals surface area contributed by atoms with Gasteiger partial charge in [-0.1, -0.05) is 0 Å². The molecule has 0 heterocycles. The number of hydrogen-bond acceptors (Lipinski definition) is 4. The summed E-state index contributed by atoms with van der Waals surface area (Å²) in [4.78, 5) is 0. The van der Waals surface area contributed by atoms with E-state index in [-0.39, 0.29) is 17.5 Å². The third kappa shape index (κ3) is 7.34. The van der Waals surface area contributed by atoms with Crippen LogP contribution < -0.4 is 5.73 Å². The van der Waals surface area contributed by atoms with E-state index in [2.05, 4.69) is 6.07 Å². The van der Waals surface area contributed by atoms with Crippen molar-refractivity contribution in [2.75, 3.05) is 11.5 Å². The van der Waals surface area contributed by atoms with Gasteiger partial charge in [0.05, 0.1) is 23.0 Å². The second kappa shape index (κ2) is 5.47. The fourth-order valence-corrected chi connectivity index (χ4v) is 2.83. The quantitative estimate of drug-likeness (QED) is 0.742. The smallest absolute Gasteiger partial charge is 0.151 e. The van der Waals surface area contributed by atoms with E-state index >= 15 is 0 Å². The fourth-order valence-electron chi connectivity index (χ4n) is 1.27. The average molecular weight is 232 g/mol. The average Bonchev–Trinajstić information content (AvgIpc) is 2.00. The van der Waals surface area contributed by atoms with Crippen LogP contribution in [0.1, 0.15) is 33.6 Å². The van der Waals surface area contributed by atoms with Gasteiger partial charge >= 0.3 is 0 Å². The molecule has 5 heteroatoms. The Morgan fingerprint density at radius 2 is 2.00 bits per heavy atom. The number of nitriles is 1. The predicted molar refractivity (Wildman–Crippen MR) is 60.9 cm³/mol. The second-order valence-electron chi connectivity index (χ2n) is 4.69. The maximum absolute atomic E-state index is 11.5. The van der Waals surface area contributed by atoms with Crippen molar-refractivity contribution in [1.82, 2.24) is 0 Å². The highest BCUT2D eigenvalue weighted by molar-refractivity contribution is 7.91. The van der Waals surface area contributed by atoms with Crippen molar-refractivity contribution in [3.8, 4) is 6.07 Å². The van der Waals surface area contributed by atoms with Gasteiger partial charge in [0.15, 0.2) is 9.84 Å². The minimum absolute atomic E-state index is 0.0278. The van der Waals surface area contributed by atoms with Crippen LogP contribution in [-0.2, 0) is 9.84 Å². The summed E-state index contributed by atoms with van der Waals surface area (Å²) in [5, 5.41) is 8.75. The molecule has 0 aromatic heterocycles. The Balaban J connectivity index is 4.03. The van der Waals surface area contributed by atoms with Crippen molar-refractivity contribution >= 4 is 9.84 Å². The molecule has 0 rings (SSSR count). The summed E-state index contributed by atoms with van der Waals surface area (Å²) in [7, 11) is -3.05. The molecule has 0 bridgehead atoms. The van der Waals surface area contributed by atoms with Crippen LogP contribution in [0.25, 0.3) is 0 Å². The van der Waals surface area contributed by atoms with Crippen molar-refractivity contribution in [2.45, 2.75) is 39.7 Å². The Bertz CT molecular complexity index is 326. The minimum Gasteiger partial charge on any atom is -0.327 e. The summed E-state index contributed by atoms with van der Waals surface area (Å²) in [5.74, 6) is 0.152. The molecule has 0 radical (unpaired) electrons. The van der Waals surface area contributed by atoms with E-state index in [0.29, 0.717) is 12.8 Å². The highest BCUT2D eigenvalue weighted by atomic mass is 32.2. The molecule has 0 aliphatic heterocycles. The SMILES string of the molecule is CC(N)CS(=O)(=O)CCCC(C)(C)C#N. The predicted octanol–water partition coefficient (Wildman–Crippen LogP) is 1.08. The molecule has 0 aliphatic carbocycles. The molecule has 0 aromatic carbocycles. The topological polar surface area (TPSA) is 84.0 Å². The van der Waals surface area contributed by atoms with Crippen LogP contribution in [0, 0.1) is 16.7 Å². The lowest BCUT2D eigenvalue weighted by atomic mass is 9.90. The molecule has 0 saturated heterocycles. The maximum atomic E-state index is 11.5. The molecule has 0 saturated carbocycles. The van der Waals surface area contributed by atoms with Crippen molar-refractivity contribution in [2.24, 2.45) is 11.1 Å². The molecular formula is C10H20N2O2S. The molecule has 1 atom stereocenters. The van der Waals surface area contributed by atoms with Crippen molar-refractivity contribution in [3.63, 3.8) is 0 Å². The Kier molecular flexibility index (Phi) is 5.26. The summed E-state index contributed by atoms with van der Waals surface area (Å²) < 4.78 is 22.9. The summed E-state index contributed by atoms with van der Waals surface area (Å²) in [6.45, 7) is 5.30. The summed E-state index contributed by atoms with van der Waals surface area (Å²) in [6.07, 6.45) is 1.12. The zero-order chi connectivity index (χ0) is 12.1. The van der Waals surface area contributed by atoms with Gasteiger partial charge in [-0.2, -0.15) is 5.26 Å². The van der Waals surface area contributed by atoms with Gasteiger partial charge in [0.2, 0.25) is 0 Å². The van der Waals surface area contributed by atoms with E-state index in [1.807, 2.05) is 13.8 Å². The first kappa shape index (κ1) is 14.4. The molecule has 15 heavy (non-hydrogen) atoms. The molecular weight excluding hydrogens is 212 g/mol. The Morgan fingerprint density at radius 3 is 2.40 bits per heavy atom. The van der Waals surface area contributed by atoms with E-state index in [1.165, 1.54) is 0 Å². The van der Waals surface area contributed by atoms with Crippen LogP contribution in [0.3, 0.4) is 0 Å². The van der Waals surface area contributed by atoms with E-state index in [4.69, 9.17) is 11.0 Å². The molecule has 1 unspecified atom stereocenters. The van der Waals surface area contributed by atoms with Crippen LogP contribution in [0.15, 0.2) is 0 Å². The first-order valence-corrected chi connectivity index (χ1v) is 6.88. The lowest BCUT2D eigenvalue weighted by Gasteiger charge is -2.14. The molecule has 0 spiro atoms. The Labute approximate surface area is 92.4 Å². The first-order valence-electron chi connectivity index (χ1n) is 5.06. The lowest BCUT2D eigenvalue weighted by molar-refractivity contribution is 0.445. The summed E-state index contributed by atoms with van der Waals surface area (Å²) >= 11 is 0. The number of nitrogens with two attached hydrogens (primary N) is 1. The van der Waals surface area contributed by atoms with Gasteiger partial charge < -0.3 is 5.73 Å². The van der Waals surface area contributed by atoms with E-state index < -0.39 is 15.3 Å². The molecule has 88 valence electrons. The molecule has 0 fully saturated rings. The van der Waals surface area contributed by atoms with E-state index in [0.717, 1.165) is 0 Å². The van der Waals surface area contributed by atoms with Crippen LogP contribution in [0.2, 0.25) is 0 Å². The highest BCUT2D eigenvalue weighted by Crippen LogP contribution is 2.20. The monoisotopic (exact) mass is 232 g/mol. The third-order valence-corrected chi connectivity index (χ3v) is 4.02. The number of hydrogen-bond donors (Lipinski definition) is 1. The van der Waals surface area contributed by atoms with Crippen LogP contribution >= 0.6 is 0 Å². The maximum Gasteiger partial charge on any atom is 0.151 e. The van der Waals surface area contributed by atoms with E-state index in [9.17, 15) is 8.42 Å². The zero-order valence-corrected chi connectivity index (χ0v) is 10.5. The molecule has 2 N–H and O–H groups in total. The second-order valence-corrected chi connectivity index (χ2v) is 6.92. The number of nitrogens with zero attached hydrogens (tertiary/aromatic N) is 1. The number of rotatable bonds is 6. The van der Waals surface area contributed by atoms with Gasteiger partial charge in [-0.15, -0.1) is 0 Å². The van der Waals surface area contributed by atoms with Crippen molar-refractivity contribution in [3.05, 3.63) is 0 Å². The largest absolute Gasteiger partial charge is 0.327 e. The van der Waals surface area contributed by atoms with Gasteiger partial charge in [0, 0.05) is 6.04 Å². The summed E-state index contributed by atoms with van der Waals surface area (Å²) in [5.41, 5.74) is 4.99. The number of sulfone groups is 1. The van der Waals surface area contributed by atoms with Gasteiger partial charge in [-0.3, -0.25) is 0 Å². The Hall–Kier alpha value is -0.600. The molecule has 0 amide bonds. The first-order chi connectivity index (χ1) is 6.68. The third-order valence-electron chi connectivity index (χ3n) is 2.08. The minimum atomic E-state index is -3.05. The zero-order valence-electron chi connectivity index (χ0n) is 9.66. The van der Waals surface area contributed by atoms with Gasteiger partial charge in [0.1, 0.15) is 0 Å². The fraction of sp³-hybridized carbons (Fsp3) is 0.900. The normalized spacial score (nSPS) is 14.6. The van der Waals surface area contributed by atoms with Crippen LogP contribution in [0.5, 0.6) is 0 Å². The highest BCUT2D eigenvalue weighted by Gasteiger charge is 2.19. The van der Waals surface area contributed by atoms with Crippen LogP contribution in [0.4, 0.5) is 0 Å². The lowest BCUT2D eigenvalue weighted by Crippen LogP contribution is -2.28. The van der Waals surface area contributed by atoms with E-state index in [1.54, 1.807) is 6.92 Å². The molecule has 0 aliphatic rings. The van der Waals surface area contributed by atoms with Crippen molar-refractivity contribution in [1.29, 1.82) is 5.26 Å². The Morgan fingerprint density at radius 1 is 1.47 bits per heavy atom. The van der Waals surface area contributed by atoms with Gasteiger partial charge in [-0.05, 0) is 33.6 Å². The molecule has 4 nitrogen and oxygen atoms in total. The summed E-state index contributed by atoms with van der Waals surface area (Å²) in [6, 6.07) is 1.83. The molecule has 0 aromatic rings.